The zero-order chi connectivity index (χ0) is 24.7. The molecule has 0 unspecified atom stereocenters. The third-order valence-corrected chi connectivity index (χ3v) is 5.80. The van der Waals surface area contributed by atoms with Crippen molar-refractivity contribution in [2.45, 2.75) is 24.8 Å². The number of azo groups is 1. The summed E-state index contributed by atoms with van der Waals surface area (Å²) in [5.41, 5.74) is 1.25. The summed E-state index contributed by atoms with van der Waals surface area (Å²) in [5.74, 6) is -0.814. The third-order valence-electron chi connectivity index (χ3n) is 4.45. The molecule has 2 aromatic carbocycles. The number of aryl methyl sites for hydroxylation is 1. The maximum absolute atomic E-state index is 12.6. The highest BCUT2D eigenvalue weighted by atomic mass is 32.2. The monoisotopic (exact) mass is 482 g/mol. The molecule has 11 nitrogen and oxygen atoms in total. The van der Waals surface area contributed by atoms with E-state index < -0.39 is 27.8 Å². The van der Waals surface area contributed by atoms with Gasteiger partial charge in [-0.2, -0.15) is 10.2 Å². The molecule has 0 radical (unpaired) electrons. The molecule has 0 fully saturated rings. The number of anilines is 2. The van der Waals surface area contributed by atoms with Crippen LogP contribution in [0.4, 0.5) is 17.3 Å². The van der Waals surface area contributed by atoms with Gasteiger partial charge in [-0.1, -0.05) is 12.1 Å². The lowest BCUT2D eigenvalue weighted by Gasteiger charge is -2.12. The fourth-order valence-electron chi connectivity index (χ4n) is 2.76. The van der Waals surface area contributed by atoms with Gasteiger partial charge in [-0.05, 0) is 56.3 Å². The van der Waals surface area contributed by atoms with Crippen LogP contribution < -0.4 is 14.8 Å². The number of ether oxygens (including phenoxy) is 1. The predicted octanol–water partition coefficient (Wildman–Crippen LogP) is 3.27. The Hall–Kier alpha value is -4.19. The molecule has 0 saturated carbocycles. The van der Waals surface area contributed by atoms with Crippen molar-refractivity contribution in [3.63, 3.8) is 0 Å². The maximum atomic E-state index is 12.6. The Kier molecular flexibility index (Phi) is 7.64. The van der Waals surface area contributed by atoms with Gasteiger partial charge in [-0.15, -0.1) is 0 Å². The Balaban J connectivity index is 1.73. The second-order valence-corrected chi connectivity index (χ2v) is 8.72. The topological polar surface area (TPSA) is 152 Å². The molecule has 0 bridgehead atoms. The Morgan fingerprint density at radius 2 is 1.76 bits per heavy atom. The first-order valence-electron chi connectivity index (χ1n) is 9.97. The van der Waals surface area contributed by atoms with E-state index in [1.165, 1.54) is 44.5 Å². The molecule has 1 atom stereocenters. The number of para-hydroxylation sites is 2. The van der Waals surface area contributed by atoms with Gasteiger partial charge in [0.05, 0.1) is 23.4 Å². The average Bonchev–Trinajstić information content (AvgIpc) is 2.79. The first kappa shape index (κ1) is 24.5. The van der Waals surface area contributed by atoms with Gasteiger partial charge in [0.15, 0.2) is 5.78 Å². The van der Waals surface area contributed by atoms with E-state index in [9.17, 15) is 18.0 Å². The van der Waals surface area contributed by atoms with Crippen LogP contribution in [-0.4, -0.2) is 43.2 Å². The van der Waals surface area contributed by atoms with Crippen LogP contribution in [0.1, 0.15) is 12.6 Å². The van der Waals surface area contributed by atoms with Crippen LogP contribution in [0.2, 0.25) is 0 Å². The van der Waals surface area contributed by atoms with Gasteiger partial charge < -0.3 is 10.1 Å². The number of ketones is 1. The molecule has 3 rings (SSSR count). The van der Waals surface area contributed by atoms with Gasteiger partial charge in [0.25, 0.3) is 15.9 Å². The van der Waals surface area contributed by atoms with E-state index in [-0.39, 0.29) is 16.5 Å². The number of carbonyl (C=O) groups is 2. The molecule has 3 aromatic rings. The summed E-state index contributed by atoms with van der Waals surface area (Å²) in [6.45, 7) is 2.93. The number of nitrogens with zero attached hydrogens (tertiary/aromatic N) is 4. The minimum atomic E-state index is -3.92. The SMILES string of the molecule is COc1ccccc1NC(=O)[C@H](N=Nc1ccc(S(=O)(=O)Nc2nccc(C)n2)cc1)C(C)=O. The number of sulfonamides is 1. The van der Waals surface area contributed by atoms with Crippen molar-refractivity contribution < 1.29 is 22.7 Å². The second kappa shape index (κ2) is 10.6. The first-order valence-corrected chi connectivity index (χ1v) is 11.5. The third kappa shape index (κ3) is 6.19. The van der Waals surface area contributed by atoms with Crippen LogP contribution in [0.5, 0.6) is 5.75 Å². The van der Waals surface area contributed by atoms with Crippen LogP contribution in [0, 0.1) is 6.92 Å². The smallest absolute Gasteiger partial charge is 0.264 e. The molecule has 34 heavy (non-hydrogen) atoms. The summed E-state index contributed by atoms with van der Waals surface area (Å²) < 4.78 is 32.6. The average molecular weight is 483 g/mol. The highest BCUT2D eigenvalue weighted by molar-refractivity contribution is 7.92. The lowest BCUT2D eigenvalue weighted by molar-refractivity contribution is -0.126. The van der Waals surface area contributed by atoms with Gasteiger partial charge >= 0.3 is 0 Å². The number of carbonyl (C=O) groups excluding carboxylic acids is 2. The van der Waals surface area contributed by atoms with Crippen molar-refractivity contribution in [1.29, 1.82) is 0 Å². The standard InChI is InChI=1S/C22H22N6O5S/c1-14-12-13-23-22(24-14)28-34(31,32)17-10-8-16(9-11-17)26-27-20(15(2)29)21(30)25-18-6-4-5-7-19(18)33-3/h4-13,20H,1-3H3,(H,25,30)(H,23,24,28)/t20-/m1/s1. The minimum absolute atomic E-state index is 0.0471. The quantitative estimate of drug-likeness (QED) is 0.351. The summed E-state index contributed by atoms with van der Waals surface area (Å²) in [6, 6.07) is 12.4. The van der Waals surface area contributed by atoms with Crippen LogP contribution in [0.25, 0.3) is 0 Å². The number of nitrogens with one attached hydrogen (secondary N) is 2. The summed E-state index contributed by atoms with van der Waals surface area (Å²) in [6.07, 6.45) is 1.44. The van der Waals surface area contributed by atoms with Crippen molar-refractivity contribution in [2.75, 3.05) is 17.1 Å². The fourth-order valence-corrected chi connectivity index (χ4v) is 3.71. The number of Topliss-reactive ketones (excluding diaryl/α,β-unsaturated/α-hetero) is 1. The van der Waals surface area contributed by atoms with Gasteiger partial charge in [0.1, 0.15) is 5.75 Å². The lowest BCUT2D eigenvalue weighted by Crippen LogP contribution is -2.31. The molecule has 2 N–H and O–H groups in total. The van der Waals surface area contributed by atoms with Gasteiger partial charge in [0.2, 0.25) is 12.0 Å². The Morgan fingerprint density at radius 3 is 2.41 bits per heavy atom. The number of hydrogen-bond acceptors (Lipinski definition) is 9. The Morgan fingerprint density at radius 1 is 1.06 bits per heavy atom. The summed E-state index contributed by atoms with van der Waals surface area (Å²) in [4.78, 5) is 32.4. The van der Waals surface area contributed by atoms with E-state index in [0.29, 0.717) is 17.1 Å². The van der Waals surface area contributed by atoms with Crippen molar-refractivity contribution in [3.05, 3.63) is 66.5 Å². The molecular formula is C22H22N6O5S. The summed E-state index contributed by atoms with van der Waals surface area (Å²) >= 11 is 0. The summed E-state index contributed by atoms with van der Waals surface area (Å²) in [5, 5.41) is 10.4. The number of benzene rings is 2. The molecule has 0 spiro atoms. The van der Waals surface area contributed by atoms with Gasteiger partial charge in [-0.25, -0.2) is 23.1 Å². The van der Waals surface area contributed by atoms with Gasteiger partial charge in [0, 0.05) is 11.9 Å². The van der Waals surface area contributed by atoms with E-state index in [1.807, 2.05) is 0 Å². The maximum Gasteiger partial charge on any atom is 0.264 e. The molecule has 0 aliphatic heterocycles. The highest BCUT2D eigenvalue weighted by Crippen LogP contribution is 2.24. The number of hydrogen-bond donors (Lipinski definition) is 2. The second-order valence-electron chi connectivity index (χ2n) is 7.04. The van der Waals surface area contributed by atoms with E-state index in [0.717, 1.165) is 0 Å². The summed E-state index contributed by atoms with van der Waals surface area (Å²) in [7, 11) is -2.46. The van der Waals surface area contributed by atoms with Crippen molar-refractivity contribution in [2.24, 2.45) is 10.2 Å². The molecule has 176 valence electrons. The number of amides is 1. The minimum Gasteiger partial charge on any atom is -0.495 e. The molecule has 0 saturated heterocycles. The first-order chi connectivity index (χ1) is 16.2. The predicted molar refractivity (Wildman–Crippen MR) is 125 cm³/mol. The van der Waals surface area contributed by atoms with E-state index >= 15 is 0 Å². The Labute approximate surface area is 196 Å². The molecule has 0 aliphatic carbocycles. The molecular weight excluding hydrogens is 460 g/mol. The highest BCUT2D eigenvalue weighted by Gasteiger charge is 2.24. The van der Waals surface area contributed by atoms with E-state index in [1.54, 1.807) is 37.3 Å². The van der Waals surface area contributed by atoms with Crippen LogP contribution in [-0.2, 0) is 19.6 Å². The molecule has 1 amide bonds. The zero-order valence-corrected chi connectivity index (χ0v) is 19.4. The number of aromatic nitrogens is 2. The van der Waals surface area contributed by atoms with Gasteiger partial charge in [-0.3, -0.25) is 9.59 Å². The largest absolute Gasteiger partial charge is 0.495 e. The van der Waals surface area contributed by atoms with Crippen LogP contribution in [0.3, 0.4) is 0 Å². The van der Waals surface area contributed by atoms with E-state index in [4.69, 9.17) is 4.74 Å². The van der Waals surface area contributed by atoms with Crippen molar-refractivity contribution in [3.8, 4) is 5.75 Å². The normalized spacial score (nSPS) is 12.2. The van der Waals surface area contributed by atoms with Crippen LogP contribution >= 0.6 is 0 Å². The fraction of sp³-hybridized carbons (Fsp3) is 0.182. The molecule has 1 aromatic heterocycles. The molecule has 0 aliphatic rings. The number of rotatable bonds is 9. The molecule has 12 heteroatoms. The van der Waals surface area contributed by atoms with Crippen molar-refractivity contribution >= 4 is 39.0 Å². The zero-order valence-electron chi connectivity index (χ0n) is 18.6. The van der Waals surface area contributed by atoms with Crippen LogP contribution in [0.15, 0.2) is 75.9 Å². The van der Waals surface area contributed by atoms with Crippen molar-refractivity contribution in [1.82, 2.24) is 9.97 Å². The number of methoxy groups -OCH3 is 1. The Bertz CT molecular complexity index is 1330. The lowest BCUT2D eigenvalue weighted by atomic mass is 10.2. The molecule has 1 heterocycles. The van der Waals surface area contributed by atoms with E-state index in [2.05, 4.69) is 30.2 Å².